The third kappa shape index (κ3) is 3.08. The third-order valence-corrected chi connectivity index (χ3v) is 5.46. The number of hydrogen-bond acceptors (Lipinski definition) is 0. The van der Waals surface area contributed by atoms with Gasteiger partial charge < -0.3 is 0 Å². The fraction of sp³-hybridized carbons (Fsp3) is 0.538. The molecule has 82 valence electrons. The molecule has 2 bridgehead atoms. The van der Waals surface area contributed by atoms with Crippen molar-refractivity contribution in [1.82, 2.24) is 0 Å². The predicted molar refractivity (Wildman–Crippen MR) is 83.6 cm³/mol. The first-order valence-corrected chi connectivity index (χ1v) is 8.29. The van der Waals surface area contributed by atoms with Crippen LogP contribution in [-0.4, -0.2) is 8.35 Å². The highest BCUT2D eigenvalue weighted by Gasteiger charge is 2.14. The fourth-order valence-electron chi connectivity index (χ4n) is 2.11. The first kappa shape index (κ1) is 12.1. The molecule has 0 nitrogen and oxygen atoms in total. The van der Waals surface area contributed by atoms with Crippen molar-refractivity contribution in [2.24, 2.45) is 0 Å². The zero-order valence-electron chi connectivity index (χ0n) is 8.97. The smallest absolute Gasteiger partial charge is 0.0153 e. The van der Waals surface area contributed by atoms with Gasteiger partial charge in [-0.1, -0.05) is 70.3 Å². The molecule has 0 radical (unpaired) electrons. The average molecular weight is 426 g/mol. The molecule has 0 fully saturated rings. The maximum absolute atomic E-state index is 2.59. The summed E-state index contributed by atoms with van der Waals surface area (Å²) < 4.78 is 2.04. The van der Waals surface area contributed by atoms with Crippen LogP contribution in [0.15, 0.2) is 18.2 Å². The highest BCUT2D eigenvalue weighted by molar-refractivity contribution is 14.1. The van der Waals surface area contributed by atoms with E-state index in [0.29, 0.717) is 5.92 Å². The first-order chi connectivity index (χ1) is 7.19. The monoisotopic (exact) mass is 426 g/mol. The highest BCUT2D eigenvalue weighted by atomic mass is 127. The number of fused-ring (bicyclic) bond motifs is 2. The molecule has 0 N–H and O–H groups in total. The molecule has 1 aromatic carbocycles. The van der Waals surface area contributed by atoms with Gasteiger partial charge in [-0.3, -0.25) is 0 Å². The molecule has 0 aromatic heterocycles. The van der Waals surface area contributed by atoms with Gasteiger partial charge in [-0.15, -0.1) is 0 Å². The minimum atomic E-state index is 0.704. The maximum atomic E-state index is 2.59. The molecule has 15 heavy (non-hydrogen) atoms. The topological polar surface area (TPSA) is 0 Å². The second kappa shape index (κ2) is 5.34. The van der Waals surface area contributed by atoms with E-state index in [-0.39, 0.29) is 0 Å². The average Bonchev–Trinajstić information content (AvgIpc) is 2.36. The molecule has 1 aliphatic carbocycles. The minimum Gasteiger partial charge on any atom is -0.0857 e. The lowest BCUT2D eigenvalue weighted by atomic mass is 9.97. The normalized spacial score (nSPS) is 22.2. The Hall–Kier alpha value is 0.680. The molecule has 0 aliphatic heterocycles. The number of rotatable bonds is 2. The van der Waals surface area contributed by atoms with E-state index < -0.39 is 0 Å². The van der Waals surface area contributed by atoms with E-state index in [9.17, 15) is 0 Å². The maximum Gasteiger partial charge on any atom is 0.0153 e. The van der Waals surface area contributed by atoms with Gasteiger partial charge in [0.1, 0.15) is 0 Å². The van der Waals surface area contributed by atoms with Crippen molar-refractivity contribution in [2.45, 2.75) is 36.0 Å². The summed E-state index contributed by atoms with van der Waals surface area (Å²) in [6.45, 7) is 2.33. The van der Waals surface area contributed by atoms with E-state index >= 15 is 0 Å². The zero-order valence-corrected chi connectivity index (χ0v) is 13.3. The summed E-state index contributed by atoms with van der Waals surface area (Å²) in [5.74, 6) is 0.704. The molecular weight excluding hydrogens is 410 g/mol. The minimum absolute atomic E-state index is 0.704. The van der Waals surface area contributed by atoms with Gasteiger partial charge in [0.15, 0.2) is 0 Å². The Labute approximate surface area is 120 Å². The van der Waals surface area contributed by atoms with Crippen molar-refractivity contribution in [2.75, 3.05) is 4.43 Å². The highest BCUT2D eigenvalue weighted by Crippen LogP contribution is 2.27. The Morgan fingerprint density at radius 3 is 2.80 bits per heavy atom. The van der Waals surface area contributed by atoms with Crippen molar-refractivity contribution in [1.29, 1.82) is 0 Å². The molecule has 1 aromatic rings. The van der Waals surface area contributed by atoms with Gasteiger partial charge in [0.25, 0.3) is 0 Å². The lowest BCUT2D eigenvalue weighted by Gasteiger charge is -2.11. The van der Waals surface area contributed by atoms with Crippen LogP contribution in [0.4, 0.5) is 0 Å². The van der Waals surface area contributed by atoms with Gasteiger partial charge in [-0.05, 0) is 41.9 Å². The largest absolute Gasteiger partial charge is 0.0857 e. The lowest BCUT2D eigenvalue weighted by Crippen LogP contribution is -2.00. The van der Waals surface area contributed by atoms with Gasteiger partial charge in [0.2, 0.25) is 0 Å². The van der Waals surface area contributed by atoms with E-state index in [1.165, 1.54) is 23.7 Å². The summed E-state index contributed by atoms with van der Waals surface area (Å²) in [6, 6.07) is 7.24. The van der Waals surface area contributed by atoms with E-state index in [1.54, 1.807) is 16.7 Å². The molecule has 0 saturated heterocycles. The molecule has 2 atom stereocenters. The van der Waals surface area contributed by atoms with Crippen LogP contribution in [0.25, 0.3) is 0 Å². The van der Waals surface area contributed by atoms with E-state index in [4.69, 9.17) is 0 Å². The zero-order chi connectivity index (χ0) is 10.8. The van der Waals surface area contributed by atoms with Crippen LogP contribution >= 0.6 is 45.2 Å². The Balaban J connectivity index is 2.33. The van der Waals surface area contributed by atoms with E-state index in [1.807, 2.05) is 0 Å². The van der Waals surface area contributed by atoms with Gasteiger partial charge in [0.05, 0.1) is 0 Å². The summed E-state index contributed by atoms with van der Waals surface area (Å²) in [6.07, 6.45) is 3.86. The molecular formula is C13H16I2. The van der Waals surface area contributed by atoms with Crippen LogP contribution in [0, 0.1) is 0 Å². The molecule has 0 saturated carbocycles. The molecule has 2 unspecified atom stereocenters. The number of alkyl halides is 2. The van der Waals surface area contributed by atoms with E-state index in [0.717, 1.165) is 3.92 Å². The van der Waals surface area contributed by atoms with Crippen LogP contribution in [0.2, 0.25) is 0 Å². The second-order valence-electron chi connectivity index (χ2n) is 4.48. The summed E-state index contributed by atoms with van der Waals surface area (Å²) in [5, 5.41) is 0. The van der Waals surface area contributed by atoms with E-state index in [2.05, 4.69) is 70.3 Å². The van der Waals surface area contributed by atoms with Crippen molar-refractivity contribution < 1.29 is 0 Å². The predicted octanol–water partition coefficient (Wildman–Crippen LogP) is 4.52. The molecule has 0 spiro atoms. The van der Waals surface area contributed by atoms with Crippen LogP contribution in [0.5, 0.6) is 0 Å². The van der Waals surface area contributed by atoms with Gasteiger partial charge in [-0.2, -0.15) is 0 Å². The number of halogens is 2. The summed E-state index contributed by atoms with van der Waals surface area (Å²) in [7, 11) is 0. The Bertz CT molecular complexity index is 346. The number of benzene rings is 1. The summed E-state index contributed by atoms with van der Waals surface area (Å²) in [5.41, 5.74) is 4.65. The fourth-order valence-corrected chi connectivity index (χ4v) is 3.44. The SMILES string of the molecule is CC(CI)c1cc2cc(c1)CC(I)CC2. The third-order valence-electron chi connectivity index (χ3n) is 3.08. The van der Waals surface area contributed by atoms with Crippen molar-refractivity contribution in [3.8, 4) is 0 Å². The van der Waals surface area contributed by atoms with Gasteiger partial charge in [0, 0.05) is 8.35 Å². The van der Waals surface area contributed by atoms with Crippen LogP contribution < -0.4 is 0 Å². The summed E-state index contributed by atoms with van der Waals surface area (Å²) >= 11 is 5.08. The molecule has 2 heteroatoms. The van der Waals surface area contributed by atoms with Gasteiger partial charge in [-0.25, -0.2) is 0 Å². The Morgan fingerprint density at radius 2 is 2.07 bits per heavy atom. The van der Waals surface area contributed by atoms with Crippen molar-refractivity contribution >= 4 is 45.2 Å². The van der Waals surface area contributed by atoms with Crippen LogP contribution in [0.3, 0.4) is 0 Å². The number of aryl methyl sites for hydroxylation is 1. The molecule has 0 amide bonds. The van der Waals surface area contributed by atoms with Crippen LogP contribution in [-0.2, 0) is 12.8 Å². The number of hydrogen-bond donors (Lipinski definition) is 0. The molecule has 0 heterocycles. The summed E-state index contributed by atoms with van der Waals surface area (Å²) in [4.78, 5) is 0. The quantitative estimate of drug-likeness (QED) is 0.482. The Kier molecular flexibility index (Phi) is 4.32. The molecule has 1 aliphatic rings. The second-order valence-corrected chi connectivity index (χ2v) is 7.12. The van der Waals surface area contributed by atoms with Gasteiger partial charge >= 0.3 is 0 Å². The molecule has 2 rings (SSSR count). The lowest BCUT2D eigenvalue weighted by molar-refractivity contribution is 0.798. The first-order valence-electron chi connectivity index (χ1n) is 5.52. The van der Waals surface area contributed by atoms with Crippen molar-refractivity contribution in [3.05, 3.63) is 34.9 Å². The standard InChI is InChI=1S/C13H16I2/c1-9(8-14)12-5-10-2-3-13(15)7-11(4-10)6-12/h4-6,9,13H,2-3,7-8H2,1H3. The Morgan fingerprint density at radius 1 is 1.33 bits per heavy atom. The van der Waals surface area contributed by atoms with Crippen molar-refractivity contribution in [3.63, 3.8) is 0 Å². The van der Waals surface area contributed by atoms with Crippen LogP contribution in [0.1, 0.15) is 36.0 Å².